The fraction of sp³-hybridized carbons (Fsp3) is 0.370. The number of ether oxygens (including phenoxy) is 1. The highest BCUT2D eigenvalue weighted by molar-refractivity contribution is 5.89. The van der Waals surface area contributed by atoms with E-state index in [1.54, 1.807) is 0 Å². The van der Waals surface area contributed by atoms with Crippen LogP contribution in [0.4, 0.5) is 4.79 Å². The van der Waals surface area contributed by atoms with Crippen molar-refractivity contribution < 1.29 is 24.2 Å². The summed E-state index contributed by atoms with van der Waals surface area (Å²) < 4.78 is 5.55. The lowest BCUT2D eigenvalue weighted by atomic mass is 9.98. The highest BCUT2D eigenvalue weighted by Crippen LogP contribution is 2.44. The van der Waals surface area contributed by atoms with E-state index in [2.05, 4.69) is 23.4 Å². The van der Waals surface area contributed by atoms with Gasteiger partial charge in [0.2, 0.25) is 5.91 Å². The lowest BCUT2D eigenvalue weighted by Crippen LogP contribution is -2.53. The van der Waals surface area contributed by atoms with E-state index < -0.39 is 30.1 Å². The number of fused-ring (bicyclic) bond motifs is 3. The minimum atomic E-state index is -1.05. The molecule has 1 saturated heterocycles. The van der Waals surface area contributed by atoms with Gasteiger partial charge in [0.1, 0.15) is 18.7 Å². The Bertz CT molecular complexity index is 1080. The van der Waals surface area contributed by atoms with Crippen LogP contribution in [0.1, 0.15) is 49.1 Å². The van der Waals surface area contributed by atoms with Crippen molar-refractivity contribution >= 4 is 18.0 Å². The summed E-state index contributed by atoms with van der Waals surface area (Å²) in [6.07, 6.45) is 7.33. The summed E-state index contributed by atoms with van der Waals surface area (Å²) in [5.74, 6) is 0.771. The molecule has 2 aliphatic rings. The summed E-state index contributed by atoms with van der Waals surface area (Å²) in [6.45, 7) is 0.432. The van der Waals surface area contributed by atoms with Gasteiger partial charge in [0.05, 0.1) is 0 Å². The lowest BCUT2D eigenvalue weighted by Gasteiger charge is -2.30. The summed E-state index contributed by atoms with van der Waals surface area (Å²) >= 11 is 0. The van der Waals surface area contributed by atoms with Gasteiger partial charge in [-0.3, -0.25) is 4.79 Å². The van der Waals surface area contributed by atoms with E-state index in [1.807, 2.05) is 36.4 Å². The van der Waals surface area contributed by atoms with Crippen molar-refractivity contribution in [3.05, 3.63) is 59.7 Å². The van der Waals surface area contributed by atoms with Gasteiger partial charge in [-0.1, -0.05) is 61.4 Å². The van der Waals surface area contributed by atoms with Crippen LogP contribution in [0, 0.1) is 12.3 Å². The maximum Gasteiger partial charge on any atom is 0.407 e. The van der Waals surface area contributed by atoms with Crippen molar-refractivity contribution in [1.29, 1.82) is 0 Å². The number of nitrogens with zero attached hydrogens (tertiary/aromatic N) is 1. The molecule has 2 amide bonds. The fourth-order valence-corrected chi connectivity index (χ4v) is 4.93. The molecule has 7 heteroatoms. The first-order chi connectivity index (χ1) is 16.5. The molecule has 2 aromatic rings. The Labute approximate surface area is 199 Å². The Morgan fingerprint density at radius 3 is 2.32 bits per heavy atom. The minimum absolute atomic E-state index is 0.0497. The second-order valence-corrected chi connectivity index (χ2v) is 8.67. The third-order valence-electron chi connectivity index (χ3n) is 6.58. The molecule has 0 spiro atoms. The zero-order valence-corrected chi connectivity index (χ0v) is 18.9. The van der Waals surface area contributed by atoms with Crippen molar-refractivity contribution in [1.82, 2.24) is 10.2 Å². The molecule has 176 valence electrons. The molecule has 4 rings (SSSR count). The van der Waals surface area contributed by atoms with Crippen LogP contribution in [0.25, 0.3) is 11.1 Å². The number of benzene rings is 2. The number of terminal acetylenes is 1. The minimum Gasteiger partial charge on any atom is -0.480 e. The Balaban J connectivity index is 1.44. The van der Waals surface area contributed by atoms with Gasteiger partial charge in [-0.15, -0.1) is 12.3 Å². The third-order valence-corrected chi connectivity index (χ3v) is 6.58. The number of alkyl carbamates (subject to hydrolysis) is 1. The summed E-state index contributed by atoms with van der Waals surface area (Å²) in [4.78, 5) is 38.9. The highest BCUT2D eigenvalue weighted by atomic mass is 16.5. The van der Waals surface area contributed by atoms with Crippen LogP contribution in [-0.4, -0.2) is 53.2 Å². The summed E-state index contributed by atoms with van der Waals surface area (Å²) in [7, 11) is 0. The maximum atomic E-state index is 13.2. The van der Waals surface area contributed by atoms with Crippen LogP contribution in [-0.2, 0) is 14.3 Å². The van der Waals surface area contributed by atoms with E-state index in [4.69, 9.17) is 11.2 Å². The molecule has 1 heterocycles. The number of carboxylic acids is 1. The molecule has 34 heavy (non-hydrogen) atoms. The molecule has 0 radical (unpaired) electrons. The van der Waals surface area contributed by atoms with Crippen LogP contribution < -0.4 is 5.32 Å². The van der Waals surface area contributed by atoms with E-state index in [9.17, 15) is 19.5 Å². The number of aliphatic carboxylic acids is 1. The average molecular weight is 461 g/mol. The van der Waals surface area contributed by atoms with E-state index in [-0.39, 0.29) is 18.9 Å². The predicted molar refractivity (Wildman–Crippen MR) is 127 cm³/mol. The lowest BCUT2D eigenvalue weighted by molar-refractivity contribution is -0.151. The standard InChI is InChI=1S/C27H28N2O5/c1-2-10-23(25(30)29-16-9-3-4-15-24(29)26(31)32)28-27(33)34-17-22-20-13-7-5-11-18(20)19-12-6-8-14-21(19)22/h1,5-8,11-14,22-24H,3-4,9-10,15-17H2,(H,28,33)(H,31,32). The van der Waals surface area contributed by atoms with Crippen LogP contribution in [0.3, 0.4) is 0 Å². The predicted octanol–water partition coefficient (Wildman–Crippen LogP) is 3.77. The van der Waals surface area contributed by atoms with Gasteiger partial charge in [0.25, 0.3) is 0 Å². The monoisotopic (exact) mass is 460 g/mol. The third kappa shape index (κ3) is 4.76. The van der Waals surface area contributed by atoms with Crippen molar-refractivity contribution in [3.8, 4) is 23.5 Å². The second kappa shape index (κ2) is 10.4. The van der Waals surface area contributed by atoms with Gasteiger partial charge in [-0.2, -0.15) is 0 Å². The largest absolute Gasteiger partial charge is 0.480 e. The number of carbonyl (C=O) groups excluding carboxylic acids is 2. The molecule has 2 unspecified atom stereocenters. The zero-order valence-electron chi connectivity index (χ0n) is 18.9. The molecule has 1 aliphatic heterocycles. The number of hydrogen-bond acceptors (Lipinski definition) is 4. The number of likely N-dealkylation sites (tertiary alicyclic amines) is 1. The fourth-order valence-electron chi connectivity index (χ4n) is 4.93. The van der Waals surface area contributed by atoms with E-state index >= 15 is 0 Å². The molecule has 1 fully saturated rings. The molecule has 0 aromatic heterocycles. The Kier molecular flexibility index (Phi) is 7.17. The number of carboxylic acid groups (broad SMARTS) is 1. The van der Waals surface area contributed by atoms with Gasteiger partial charge in [0, 0.05) is 18.9 Å². The van der Waals surface area contributed by atoms with Crippen molar-refractivity contribution in [3.63, 3.8) is 0 Å². The molecule has 0 saturated carbocycles. The van der Waals surface area contributed by atoms with Gasteiger partial charge in [-0.05, 0) is 35.1 Å². The van der Waals surface area contributed by atoms with Crippen molar-refractivity contribution in [2.24, 2.45) is 0 Å². The smallest absolute Gasteiger partial charge is 0.407 e. The summed E-state index contributed by atoms with van der Waals surface area (Å²) in [5.41, 5.74) is 4.41. The molecular weight excluding hydrogens is 432 g/mol. The van der Waals surface area contributed by atoms with E-state index in [0.29, 0.717) is 19.4 Å². The molecule has 2 aromatic carbocycles. The second-order valence-electron chi connectivity index (χ2n) is 8.67. The topological polar surface area (TPSA) is 95.9 Å². The van der Waals surface area contributed by atoms with Gasteiger partial charge >= 0.3 is 12.1 Å². The SMILES string of the molecule is C#CCC(NC(=O)OCC1c2ccccc2-c2ccccc21)C(=O)N1CCCCCC1C(=O)O. The number of hydrogen-bond donors (Lipinski definition) is 2. The van der Waals surface area contributed by atoms with E-state index in [0.717, 1.165) is 35.1 Å². The van der Waals surface area contributed by atoms with E-state index in [1.165, 1.54) is 4.90 Å². The normalized spacial score (nSPS) is 18.1. The van der Waals surface area contributed by atoms with Gasteiger partial charge < -0.3 is 20.1 Å². The average Bonchev–Trinajstić information content (AvgIpc) is 2.97. The molecule has 0 bridgehead atoms. The number of carbonyl (C=O) groups is 3. The number of nitrogens with one attached hydrogen (secondary N) is 1. The Morgan fingerprint density at radius 1 is 1.06 bits per heavy atom. The molecule has 2 atom stereocenters. The van der Waals surface area contributed by atoms with Crippen molar-refractivity contribution in [2.45, 2.75) is 50.1 Å². The first kappa shape index (κ1) is 23.4. The number of rotatable bonds is 6. The first-order valence-corrected chi connectivity index (χ1v) is 11.6. The van der Waals surface area contributed by atoms with Gasteiger partial charge in [0.15, 0.2) is 0 Å². The van der Waals surface area contributed by atoms with Crippen LogP contribution in [0.2, 0.25) is 0 Å². The molecule has 1 aliphatic carbocycles. The zero-order chi connectivity index (χ0) is 24.1. The quantitative estimate of drug-likeness (QED) is 0.640. The van der Waals surface area contributed by atoms with Crippen LogP contribution >= 0.6 is 0 Å². The van der Waals surface area contributed by atoms with Crippen LogP contribution in [0.15, 0.2) is 48.5 Å². The Morgan fingerprint density at radius 2 is 1.71 bits per heavy atom. The van der Waals surface area contributed by atoms with Crippen LogP contribution in [0.5, 0.6) is 0 Å². The van der Waals surface area contributed by atoms with Gasteiger partial charge in [-0.25, -0.2) is 9.59 Å². The number of amides is 2. The van der Waals surface area contributed by atoms with Crippen molar-refractivity contribution in [2.75, 3.05) is 13.2 Å². The molecule has 2 N–H and O–H groups in total. The first-order valence-electron chi connectivity index (χ1n) is 11.6. The maximum absolute atomic E-state index is 13.2. The summed E-state index contributed by atoms with van der Waals surface area (Å²) in [5, 5.41) is 12.2. The Hall–Kier alpha value is -3.79. The molecular formula is C27H28N2O5. The highest BCUT2D eigenvalue weighted by Gasteiger charge is 2.35. The molecule has 7 nitrogen and oxygen atoms in total. The summed E-state index contributed by atoms with van der Waals surface area (Å²) in [6, 6.07) is 14.1.